The topological polar surface area (TPSA) is 9.23 Å². The van der Waals surface area contributed by atoms with E-state index in [1.54, 1.807) is 0 Å². The third-order valence-corrected chi connectivity index (χ3v) is 2.10. The third-order valence-electron chi connectivity index (χ3n) is 1.64. The van der Waals surface area contributed by atoms with Gasteiger partial charge in [0.15, 0.2) is 0 Å². The highest BCUT2D eigenvalue weighted by molar-refractivity contribution is 6.23. The van der Waals surface area contributed by atoms with Gasteiger partial charge in [0.1, 0.15) is 0 Å². The lowest BCUT2D eigenvalue weighted by Crippen LogP contribution is -2.09. The Morgan fingerprint density at radius 2 is 2.33 bits per heavy atom. The first-order valence-corrected chi connectivity index (χ1v) is 3.97. The van der Waals surface area contributed by atoms with E-state index in [0.29, 0.717) is 17.6 Å². The molecule has 0 aliphatic heterocycles. The van der Waals surface area contributed by atoms with Crippen LogP contribution in [0, 0.1) is 0 Å². The summed E-state index contributed by atoms with van der Waals surface area (Å²) in [5, 5.41) is 0.305. The monoisotopic (exact) mass is 148 g/mol. The van der Waals surface area contributed by atoms with Crippen molar-refractivity contribution in [2.75, 3.05) is 0 Å². The number of ether oxygens (including phenoxy) is 1. The molecule has 0 spiro atoms. The smallest absolute Gasteiger partial charge is 0.0758 e. The highest BCUT2D eigenvalue weighted by Crippen LogP contribution is 2.32. The molecule has 1 unspecified atom stereocenters. The number of hydrogen-bond donors (Lipinski definition) is 0. The molecular weight excluding hydrogens is 136 g/mol. The number of hydrogen-bond acceptors (Lipinski definition) is 1. The van der Waals surface area contributed by atoms with Gasteiger partial charge in [-0.2, -0.15) is 0 Å². The van der Waals surface area contributed by atoms with E-state index in [1.807, 2.05) is 0 Å². The van der Waals surface area contributed by atoms with Crippen LogP contribution in [0.1, 0.15) is 26.7 Å². The zero-order chi connectivity index (χ0) is 6.85. The summed E-state index contributed by atoms with van der Waals surface area (Å²) in [5.74, 6) is 0. The van der Waals surface area contributed by atoms with E-state index >= 15 is 0 Å². The van der Waals surface area contributed by atoms with Crippen molar-refractivity contribution in [2.45, 2.75) is 44.3 Å². The molecule has 1 aliphatic rings. The molecular formula is C7H13ClO. The molecule has 9 heavy (non-hydrogen) atoms. The number of halogens is 1. The van der Waals surface area contributed by atoms with Crippen LogP contribution >= 0.6 is 11.6 Å². The van der Waals surface area contributed by atoms with E-state index in [2.05, 4.69) is 13.8 Å². The SMILES string of the molecule is CCC(C)O[C@@H]1C[C@@H]1Cl. The molecule has 0 aromatic heterocycles. The van der Waals surface area contributed by atoms with Gasteiger partial charge in [0.05, 0.1) is 17.6 Å². The fraction of sp³-hybridized carbons (Fsp3) is 1.00. The van der Waals surface area contributed by atoms with Crippen LogP contribution in [0.3, 0.4) is 0 Å². The van der Waals surface area contributed by atoms with E-state index in [0.717, 1.165) is 12.8 Å². The molecule has 3 atom stereocenters. The van der Waals surface area contributed by atoms with Crippen molar-refractivity contribution in [3.8, 4) is 0 Å². The third kappa shape index (κ3) is 2.15. The minimum Gasteiger partial charge on any atom is -0.374 e. The maximum Gasteiger partial charge on any atom is 0.0758 e. The van der Waals surface area contributed by atoms with Gasteiger partial charge in [0, 0.05) is 0 Å². The second-order valence-electron chi connectivity index (χ2n) is 2.65. The molecule has 1 saturated carbocycles. The second kappa shape index (κ2) is 2.89. The molecule has 1 nitrogen and oxygen atoms in total. The molecule has 1 fully saturated rings. The van der Waals surface area contributed by atoms with Crippen LogP contribution < -0.4 is 0 Å². The molecule has 1 aliphatic carbocycles. The Hall–Kier alpha value is 0.250. The molecule has 0 aromatic rings. The van der Waals surface area contributed by atoms with Crippen LogP contribution in [-0.4, -0.2) is 17.6 Å². The van der Waals surface area contributed by atoms with Crippen molar-refractivity contribution < 1.29 is 4.74 Å². The van der Waals surface area contributed by atoms with Crippen LogP contribution in [0.2, 0.25) is 0 Å². The molecule has 54 valence electrons. The zero-order valence-electron chi connectivity index (χ0n) is 5.93. The number of rotatable bonds is 3. The highest BCUT2D eigenvalue weighted by atomic mass is 35.5. The molecule has 1 rings (SSSR count). The maximum atomic E-state index is 5.73. The van der Waals surface area contributed by atoms with Gasteiger partial charge in [-0.15, -0.1) is 11.6 Å². The van der Waals surface area contributed by atoms with Crippen molar-refractivity contribution in [3.63, 3.8) is 0 Å². The van der Waals surface area contributed by atoms with Crippen LogP contribution in [0.15, 0.2) is 0 Å². The summed E-state index contributed by atoms with van der Waals surface area (Å²) in [6.45, 7) is 4.21. The summed E-state index contributed by atoms with van der Waals surface area (Å²) >= 11 is 5.73. The van der Waals surface area contributed by atoms with Crippen molar-refractivity contribution in [3.05, 3.63) is 0 Å². The van der Waals surface area contributed by atoms with E-state index in [9.17, 15) is 0 Å². The van der Waals surface area contributed by atoms with Crippen LogP contribution in [0.5, 0.6) is 0 Å². The summed E-state index contributed by atoms with van der Waals surface area (Å²) in [5.41, 5.74) is 0. The van der Waals surface area contributed by atoms with Crippen molar-refractivity contribution in [2.24, 2.45) is 0 Å². The van der Waals surface area contributed by atoms with Crippen LogP contribution in [0.25, 0.3) is 0 Å². The molecule has 0 bridgehead atoms. The quantitative estimate of drug-likeness (QED) is 0.558. The summed E-state index contributed by atoms with van der Waals surface area (Å²) < 4.78 is 5.49. The van der Waals surface area contributed by atoms with Crippen LogP contribution in [0.4, 0.5) is 0 Å². The van der Waals surface area contributed by atoms with Gasteiger partial charge < -0.3 is 4.74 Å². The van der Waals surface area contributed by atoms with Gasteiger partial charge in [0.2, 0.25) is 0 Å². The Kier molecular flexibility index (Phi) is 2.36. The fourth-order valence-corrected chi connectivity index (χ4v) is 0.914. The summed E-state index contributed by atoms with van der Waals surface area (Å²) in [4.78, 5) is 0. The van der Waals surface area contributed by atoms with Crippen molar-refractivity contribution in [1.29, 1.82) is 0 Å². The summed E-state index contributed by atoms with van der Waals surface area (Å²) in [7, 11) is 0. The predicted octanol–water partition coefficient (Wildman–Crippen LogP) is 2.18. The number of alkyl halides is 1. The van der Waals surface area contributed by atoms with E-state index in [1.165, 1.54) is 0 Å². The van der Waals surface area contributed by atoms with Gasteiger partial charge in [0.25, 0.3) is 0 Å². The molecule has 0 amide bonds. The maximum absolute atomic E-state index is 5.73. The fourth-order valence-electron chi connectivity index (χ4n) is 0.679. The Labute approximate surface area is 61.3 Å². The Morgan fingerprint density at radius 1 is 1.78 bits per heavy atom. The van der Waals surface area contributed by atoms with Gasteiger partial charge in [-0.1, -0.05) is 6.92 Å². The lowest BCUT2D eigenvalue weighted by atomic mass is 10.3. The van der Waals surface area contributed by atoms with E-state index in [-0.39, 0.29) is 0 Å². The van der Waals surface area contributed by atoms with Gasteiger partial charge in [-0.25, -0.2) is 0 Å². The minimum atomic E-state index is 0.305. The first-order chi connectivity index (χ1) is 4.24. The van der Waals surface area contributed by atoms with Gasteiger partial charge in [-0.05, 0) is 19.8 Å². The first-order valence-electron chi connectivity index (χ1n) is 3.53. The van der Waals surface area contributed by atoms with Gasteiger partial charge in [-0.3, -0.25) is 0 Å². The van der Waals surface area contributed by atoms with E-state index in [4.69, 9.17) is 16.3 Å². The predicted molar refractivity (Wildman–Crippen MR) is 38.9 cm³/mol. The molecule has 0 saturated heterocycles. The standard InChI is InChI=1S/C7H13ClO/c1-3-5(2)9-7-4-6(7)8/h5-7H,3-4H2,1-2H3/t5?,6-,7+/m0/s1. The van der Waals surface area contributed by atoms with Crippen molar-refractivity contribution in [1.82, 2.24) is 0 Å². The van der Waals surface area contributed by atoms with E-state index < -0.39 is 0 Å². The average molecular weight is 149 g/mol. The Bertz CT molecular complexity index is 92.9. The highest BCUT2D eigenvalue weighted by Gasteiger charge is 2.37. The average Bonchev–Trinajstić information content (AvgIpc) is 2.47. The summed E-state index contributed by atoms with van der Waals surface area (Å²) in [6.07, 6.45) is 2.88. The Morgan fingerprint density at radius 3 is 2.67 bits per heavy atom. The summed E-state index contributed by atoms with van der Waals surface area (Å²) in [6, 6.07) is 0. The molecule has 0 N–H and O–H groups in total. The largest absolute Gasteiger partial charge is 0.374 e. The molecule has 0 radical (unpaired) electrons. The first kappa shape index (κ1) is 7.36. The normalized spacial score (nSPS) is 36.3. The molecule has 0 heterocycles. The van der Waals surface area contributed by atoms with Crippen LogP contribution in [-0.2, 0) is 4.74 Å². The molecule has 2 heteroatoms. The second-order valence-corrected chi connectivity index (χ2v) is 3.21. The zero-order valence-corrected chi connectivity index (χ0v) is 6.69. The minimum absolute atomic E-state index is 0.305. The van der Waals surface area contributed by atoms with Crippen molar-refractivity contribution >= 4 is 11.6 Å². The Balaban J connectivity index is 2.05. The molecule has 0 aromatic carbocycles. The lowest BCUT2D eigenvalue weighted by Gasteiger charge is -2.07. The van der Waals surface area contributed by atoms with Gasteiger partial charge >= 0.3 is 0 Å². The lowest BCUT2D eigenvalue weighted by molar-refractivity contribution is 0.0508.